The van der Waals surface area contributed by atoms with E-state index in [1.165, 1.54) is 11.1 Å². The third-order valence-corrected chi connectivity index (χ3v) is 4.17. The Kier molecular flexibility index (Phi) is 6.01. The molecule has 2 rings (SSSR count). The maximum absolute atomic E-state index is 6.14. The Morgan fingerprint density at radius 1 is 1.05 bits per heavy atom. The van der Waals surface area contributed by atoms with E-state index in [2.05, 4.69) is 30.0 Å². The third kappa shape index (κ3) is 4.61. The fourth-order valence-corrected chi connectivity index (χ4v) is 3.06. The fraction of sp³-hybridized carbons (Fsp3) is 0.176. The summed E-state index contributed by atoms with van der Waals surface area (Å²) in [4.78, 5) is 0. The van der Waals surface area contributed by atoms with Crippen molar-refractivity contribution >= 4 is 23.4 Å². The minimum atomic E-state index is 0.394. The normalized spacial score (nSPS) is 9.90. The molecule has 0 aliphatic rings. The van der Waals surface area contributed by atoms with E-state index in [0.717, 1.165) is 22.1 Å². The zero-order valence-electron chi connectivity index (χ0n) is 11.1. The topological polar surface area (TPSA) is 26.0 Å². The summed E-state index contributed by atoms with van der Waals surface area (Å²) in [6.45, 7) is 0.394. The van der Waals surface area contributed by atoms with Gasteiger partial charge in [-0.1, -0.05) is 53.8 Å². The zero-order valence-corrected chi connectivity index (χ0v) is 12.7. The minimum absolute atomic E-state index is 0.394. The monoisotopic (exact) mass is 301 g/mol. The largest absolute Gasteiger partial charge is 0.320 e. The van der Waals surface area contributed by atoms with Crippen molar-refractivity contribution in [1.29, 1.82) is 0 Å². The van der Waals surface area contributed by atoms with Gasteiger partial charge >= 0.3 is 0 Å². The number of halogens is 1. The first-order valence-corrected chi connectivity index (χ1v) is 7.92. The quantitative estimate of drug-likeness (QED) is 0.861. The van der Waals surface area contributed by atoms with E-state index in [4.69, 9.17) is 17.3 Å². The molecule has 0 amide bonds. The van der Waals surface area contributed by atoms with Crippen molar-refractivity contribution in [2.75, 3.05) is 6.54 Å². The molecule has 0 saturated carbocycles. The average molecular weight is 302 g/mol. The Morgan fingerprint density at radius 2 is 1.90 bits per heavy atom. The highest BCUT2D eigenvalue weighted by Gasteiger charge is 2.00. The molecular formula is C17H16ClNS. The summed E-state index contributed by atoms with van der Waals surface area (Å²) in [7, 11) is 0. The molecule has 3 heteroatoms. The lowest BCUT2D eigenvalue weighted by Crippen LogP contribution is -1.93. The van der Waals surface area contributed by atoms with Gasteiger partial charge in [0.1, 0.15) is 0 Å². The second-order valence-electron chi connectivity index (χ2n) is 4.29. The summed E-state index contributed by atoms with van der Waals surface area (Å²) < 4.78 is 0. The molecule has 0 aliphatic heterocycles. The van der Waals surface area contributed by atoms with Gasteiger partial charge in [-0.05, 0) is 29.3 Å². The maximum atomic E-state index is 6.14. The number of rotatable bonds is 4. The van der Waals surface area contributed by atoms with Gasteiger partial charge in [0.15, 0.2) is 0 Å². The highest BCUT2D eigenvalue weighted by Crippen LogP contribution is 2.23. The summed E-state index contributed by atoms with van der Waals surface area (Å²) in [5, 5.41) is 0.836. The van der Waals surface area contributed by atoms with E-state index in [1.807, 2.05) is 42.1 Å². The lowest BCUT2D eigenvalue weighted by molar-refractivity contribution is 1.30. The zero-order chi connectivity index (χ0) is 14.2. The van der Waals surface area contributed by atoms with Crippen LogP contribution in [-0.2, 0) is 11.5 Å². The van der Waals surface area contributed by atoms with Crippen molar-refractivity contribution in [3.05, 3.63) is 70.2 Å². The highest BCUT2D eigenvalue weighted by molar-refractivity contribution is 7.97. The molecule has 20 heavy (non-hydrogen) atoms. The molecule has 0 radical (unpaired) electrons. The fourth-order valence-electron chi connectivity index (χ4n) is 1.79. The minimum Gasteiger partial charge on any atom is -0.320 e. The Balaban J connectivity index is 1.93. The molecule has 0 bridgehead atoms. The predicted molar refractivity (Wildman–Crippen MR) is 88.8 cm³/mol. The van der Waals surface area contributed by atoms with Gasteiger partial charge in [0.05, 0.1) is 6.54 Å². The van der Waals surface area contributed by atoms with Crippen LogP contribution in [0.2, 0.25) is 5.02 Å². The van der Waals surface area contributed by atoms with Crippen LogP contribution in [0.15, 0.2) is 48.5 Å². The van der Waals surface area contributed by atoms with Crippen molar-refractivity contribution in [3.8, 4) is 11.8 Å². The van der Waals surface area contributed by atoms with Crippen molar-refractivity contribution in [1.82, 2.24) is 0 Å². The van der Waals surface area contributed by atoms with Gasteiger partial charge in [-0.15, -0.1) is 0 Å². The van der Waals surface area contributed by atoms with Gasteiger partial charge in [-0.2, -0.15) is 11.8 Å². The standard InChI is InChI=1S/C17H16ClNS/c18-17-9-2-1-8-16(17)13-20-12-15-6-3-5-14(11-15)7-4-10-19/h1-3,5-6,8-9,11H,10,12-13,19H2. The molecular weight excluding hydrogens is 286 g/mol. The van der Waals surface area contributed by atoms with Crippen molar-refractivity contribution in [2.24, 2.45) is 5.73 Å². The number of thioether (sulfide) groups is 1. The van der Waals surface area contributed by atoms with Gasteiger partial charge in [0.2, 0.25) is 0 Å². The third-order valence-electron chi connectivity index (χ3n) is 2.75. The van der Waals surface area contributed by atoms with Gasteiger partial charge in [-0.3, -0.25) is 0 Å². The van der Waals surface area contributed by atoms with Crippen LogP contribution < -0.4 is 5.73 Å². The second-order valence-corrected chi connectivity index (χ2v) is 5.68. The highest BCUT2D eigenvalue weighted by atomic mass is 35.5. The van der Waals surface area contributed by atoms with Crippen molar-refractivity contribution < 1.29 is 0 Å². The Bertz CT molecular complexity index is 628. The number of benzene rings is 2. The van der Waals surface area contributed by atoms with Crippen molar-refractivity contribution in [3.63, 3.8) is 0 Å². The van der Waals surface area contributed by atoms with Crippen LogP contribution in [0.25, 0.3) is 0 Å². The maximum Gasteiger partial charge on any atom is 0.0555 e. The van der Waals surface area contributed by atoms with E-state index in [9.17, 15) is 0 Å². The molecule has 0 aromatic heterocycles. The summed E-state index contributed by atoms with van der Waals surface area (Å²) in [5.74, 6) is 7.79. The van der Waals surface area contributed by atoms with Crippen LogP contribution >= 0.6 is 23.4 Å². The van der Waals surface area contributed by atoms with E-state index < -0.39 is 0 Å². The predicted octanol–water partition coefficient (Wildman–Crippen LogP) is 4.08. The molecule has 102 valence electrons. The molecule has 0 aliphatic carbocycles. The molecule has 2 aromatic carbocycles. The van der Waals surface area contributed by atoms with Crippen LogP contribution in [0.5, 0.6) is 0 Å². The van der Waals surface area contributed by atoms with Crippen LogP contribution in [0.3, 0.4) is 0 Å². The summed E-state index contributed by atoms with van der Waals surface area (Å²) >= 11 is 7.99. The smallest absolute Gasteiger partial charge is 0.0555 e. The Labute approximate surface area is 129 Å². The van der Waals surface area contributed by atoms with E-state index in [1.54, 1.807) is 0 Å². The second kappa shape index (κ2) is 8.01. The summed E-state index contributed by atoms with van der Waals surface area (Å²) in [6, 6.07) is 16.2. The Morgan fingerprint density at radius 3 is 2.70 bits per heavy atom. The van der Waals surface area contributed by atoms with E-state index in [-0.39, 0.29) is 0 Å². The summed E-state index contributed by atoms with van der Waals surface area (Å²) in [5.41, 5.74) is 8.85. The van der Waals surface area contributed by atoms with Crippen molar-refractivity contribution in [2.45, 2.75) is 11.5 Å². The molecule has 1 nitrogen and oxygen atoms in total. The molecule has 0 spiro atoms. The molecule has 2 aromatic rings. The first kappa shape index (κ1) is 15.0. The first-order valence-electron chi connectivity index (χ1n) is 6.38. The van der Waals surface area contributed by atoms with Crippen LogP contribution in [0.1, 0.15) is 16.7 Å². The lowest BCUT2D eigenvalue weighted by atomic mass is 10.1. The molecule has 0 saturated heterocycles. The average Bonchev–Trinajstić information content (AvgIpc) is 2.48. The number of nitrogens with two attached hydrogens (primary N) is 1. The molecule has 2 N–H and O–H groups in total. The van der Waals surface area contributed by atoms with E-state index >= 15 is 0 Å². The molecule has 0 fully saturated rings. The lowest BCUT2D eigenvalue weighted by Gasteiger charge is -2.05. The Hall–Kier alpha value is -1.40. The first-order chi connectivity index (χ1) is 9.79. The molecule has 0 atom stereocenters. The van der Waals surface area contributed by atoms with Gasteiger partial charge in [0.25, 0.3) is 0 Å². The van der Waals surface area contributed by atoms with Crippen LogP contribution in [0, 0.1) is 11.8 Å². The van der Waals surface area contributed by atoms with Gasteiger partial charge in [-0.25, -0.2) is 0 Å². The van der Waals surface area contributed by atoms with Crippen LogP contribution in [-0.4, -0.2) is 6.54 Å². The molecule has 0 unspecified atom stereocenters. The van der Waals surface area contributed by atoms with Gasteiger partial charge in [0, 0.05) is 22.1 Å². The molecule has 0 heterocycles. The van der Waals surface area contributed by atoms with Gasteiger partial charge < -0.3 is 5.73 Å². The van der Waals surface area contributed by atoms with Crippen LogP contribution in [0.4, 0.5) is 0 Å². The SMILES string of the molecule is NCC#Cc1cccc(CSCc2ccccc2Cl)c1. The number of hydrogen-bond acceptors (Lipinski definition) is 2. The van der Waals surface area contributed by atoms with E-state index in [0.29, 0.717) is 6.54 Å². The number of hydrogen-bond donors (Lipinski definition) is 1. The summed E-state index contributed by atoms with van der Waals surface area (Å²) in [6.07, 6.45) is 0.